The Morgan fingerprint density at radius 2 is 2.19 bits per heavy atom. The van der Waals surface area contributed by atoms with Crippen LogP contribution in [-0.2, 0) is 0 Å². The maximum Gasteiger partial charge on any atom is 0.180 e. The van der Waals surface area contributed by atoms with Crippen LogP contribution in [0.3, 0.4) is 0 Å². The molecule has 0 saturated heterocycles. The zero-order valence-electron chi connectivity index (χ0n) is 9.43. The topological polar surface area (TPSA) is 68.8 Å². The third-order valence-electron chi connectivity index (χ3n) is 1.86. The Kier molecular flexibility index (Phi) is 3.72. The van der Waals surface area contributed by atoms with Crippen molar-refractivity contribution in [2.24, 2.45) is 4.99 Å². The first kappa shape index (κ1) is 11.9. The molecule has 0 atom stereocenters. The van der Waals surface area contributed by atoms with Crippen LogP contribution in [0.25, 0.3) is 0 Å². The fourth-order valence-electron chi connectivity index (χ4n) is 1.16. The highest BCUT2D eigenvalue weighted by Crippen LogP contribution is 2.35. The van der Waals surface area contributed by atoms with E-state index in [1.807, 2.05) is 20.2 Å². The molecule has 0 spiro atoms. The van der Waals surface area contributed by atoms with Gasteiger partial charge in [0.25, 0.3) is 0 Å². The van der Waals surface area contributed by atoms with Gasteiger partial charge in [-0.1, -0.05) is 0 Å². The van der Waals surface area contributed by atoms with Crippen molar-refractivity contribution in [3.8, 4) is 17.6 Å². The van der Waals surface area contributed by atoms with Crippen LogP contribution in [0.4, 0.5) is 5.69 Å². The van der Waals surface area contributed by atoms with Crippen LogP contribution in [0.1, 0.15) is 5.56 Å². The van der Waals surface area contributed by atoms with Gasteiger partial charge in [-0.05, 0) is 12.1 Å². The average molecular weight is 219 g/mol. The van der Waals surface area contributed by atoms with Gasteiger partial charge in [-0.15, -0.1) is 0 Å². The standard InChI is InChI=1S/C11H13N3O2/c1-14(2)7-13-9-4-5-10(15)11(16-3)8(9)6-12/h4-5,7,15H,1-3H3. The van der Waals surface area contributed by atoms with E-state index in [-0.39, 0.29) is 17.1 Å². The molecule has 1 N–H and O–H groups in total. The lowest BCUT2D eigenvalue weighted by atomic mass is 10.1. The van der Waals surface area contributed by atoms with Gasteiger partial charge in [0, 0.05) is 14.1 Å². The number of hydrogen-bond acceptors (Lipinski definition) is 4. The van der Waals surface area contributed by atoms with Crippen molar-refractivity contribution >= 4 is 12.0 Å². The molecule has 0 aliphatic rings. The number of nitrogens with zero attached hydrogens (tertiary/aromatic N) is 3. The van der Waals surface area contributed by atoms with Crippen LogP contribution < -0.4 is 4.74 Å². The summed E-state index contributed by atoms with van der Waals surface area (Å²) in [4.78, 5) is 5.86. The minimum absolute atomic E-state index is 0.0668. The number of aliphatic imine (C=N–C) groups is 1. The highest BCUT2D eigenvalue weighted by atomic mass is 16.5. The Bertz CT molecular complexity index is 447. The molecule has 1 rings (SSSR count). The zero-order valence-corrected chi connectivity index (χ0v) is 9.43. The van der Waals surface area contributed by atoms with E-state index < -0.39 is 0 Å². The minimum Gasteiger partial charge on any atom is -0.504 e. The smallest absolute Gasteiger partial charge is 0.180 e. The summed E-state index contributed by atoms with van der Waals surface area (Å²) in [5.74, 6) is 0.0822. The monoisotopic (exact) mass is 219 g/mol. The molecule has 0 aliphatic heterocycles. The lowest BCUT2D eigenvalue weighted by Gasteiger charge is -2.08. The lowest BCUT2D eigenvalue weighted by Crippen LogP contribution is -2.07. The molecule has 0 aliphatic carbocycles. The fourth-order valence-corrected chi connectivity index (χ4v) is 1.16. The van der Waals surface area contributed by atoms with Gasteiger partial charge >= 0.3 is 0 Å². The summed E-state index contributed by atoms with van der Waals surface area (Å²) in [6, 6.07) is 4.97. The van der Waals surface area contributed by atoms with Crippen molar-refractivity contribution in [3.63, 3.8) is 0 Å². The van der Waals surface area contributed by atoms with E-state index in [4.69, 9.17) is 10.00 Å². The molecule has 0 aromatic heterocycles. The molecule has 5 nitrogen and oxygen atoms in total. The summed E-state index contributed by atoms with van der Waals surface area (Å²) in [6.45, 7) is 0. The molecule has 0 heterocycles. The first-order valence-electron chi connectivity index (χ1n) is 4.60. The normalized spacial score (nSPS) is 10.1. The van der Waals surface area contributed by atoms with E-state index in [1.165, 1.54) is 13.2 Å². The molecule has 0 radical (unpaired) electrons. The number of rotatable bonds is 3. The van der Waals surface area contributed by atoms with Gasteiger partial charge in [0.1, 0.15) is 11.6 Å². The van der Waals surface area contributed by atoms with E-state index in [0.717, 1.165) is 0 Å². The van der Waals surface area contributed by atoms with E-state index >= 15 is 0 Å². The van der Waals surface area contributed by atoms with Crippen LogP contribution in [0.15, 0.2) is 17.1 Å². The number of aromatic hydroxyl groups is 1. The first-order chi connectivity index (χ1) is 7.60. The van der Waals surface area contributed by atoms with Crippen molar-refractivity contribution in [2.75, 3.05) is 21.2 Å². The number of nitriles is 1. The van der Waals surface area contributed by atoms with Gasteiger partial charge in [0.15, 0.2) is 11.5 Å². The van der Waals surface area contributed by atoms with Gasteiger partial charge in [0.2, 0.25) is 0 Å². The predicted molar refractivity (Wildman–Crippen MR) is 61.2 cm³/mol. The number of hydrogen-bond donors (Lipinski definition) is 1. The lowest BCUT2D eigenvalue weighted by molar-refractivity contribution is 0.372. The van der Waals surface area contributed by atoms with Crippen molar-refractivity contribution < 1.29 is 9.84 Å². The molecule has 0 amide bonds. The van der Waals surface area contributed by atoms with Gasteiger partial charge in [-0.25, -0.2) is 4.99 Å². The van der Waals surface area contributed by atoms with Gasteiger partial charge in [-0.3, -0.25) is 0 Å². The van der Waals surface area contributed by atoms with Crippen molar-refractivity contribution in [2.45, 2.75) is 0 Å². The summed E-state index contributed by atoms with van der Waals surface area (Å²) in [7, 11) is 5.05. The van der Waals surface area contributed by atoms with Gasteiger partial charge < -0.3 is 14.7 Å². The summed E-state index contributed by atoms with van der Waals surface area (Å²) < 4.78 is 4.95. The maximum absolute atomic E-state index is 9.49. The fraction of sp³-hybridized carbons (Fsp3) is 0.273. The summed E-state index contributed by atoms with van der Waals surface area (Å²) >= 11 is 0. The van der Waals surface area contributed by atoms with E-state index in [2.05, 4.69) is 4.99 Å². The van der Waals surface area contributed by atoms with Crippen LogP contribution in [0.2, 0.25) is 0 Å². The quantitative estimate of drug-likeness (QED) is 0.617. The Labute approximate surface area is 94.2 Å². The largest absolute Gasteiger partial charge is 0.504 e. The molecule has 0 unspecified atom stereocenters. The molecule has 0 bridgehead atoms. The summed E-state index contributed by atoms with van der Waals surface area (Å²) in [6.07, 6.45) is 1.58. The maximum atomic E-state index is 9.49. The van der Waals surface area contributed by atoms with Crippen molar-refractivity contribution in [3.05, 3.63) is 17.7 Å². The van der Waals surface area contributed by atoms with Crippen LogP contribution in [-0.4, -0.2) is 37.6 Å². The number of phenolic OH excluding ortho intramolecular Hbond substituents is 1. The molecule has 1 aromatic carbocycles. The minimum atomic E-state index is -0.0668. The molecule has 1 aromatic rings. The van der Waals surface area contributed by atoms with Crippen LogP contribution in [0, 0.1) is 11.3 Å². The van der Waals surface area contributed by atoms with E-state index in [0.29, 0.717) is 5.69 Å². The van der Waals surface area contributed by atoms with Crippen LogP contribution in [0.5, 0.6) is 11.5 Å². The molecule has 84 valence electrons. The molecular weight excluding hydrogens is 206 g/mol. The first-order valence-corrected chi connectivity index (χ1v) is 4.60. The molecule has 5 heteroatoms. The number of benzene rings is 1. The van der Waals surface area contributed by atoms with Gasteiger partial charge in [-0.2, -0.15) is 5.26 Å². The van der Waals surface area contributed by atoms with Crippen molar-refractivity contribution in [1.82, 2.24) is 4.90 Å². The van der Waals surface area contributed by atoms with E-state index in [1.54, 1.807) is 17.3 Å². The SMILES string of the molecule is COc1c(O)ccc(N=CN(C)C)c1C#N. The van der Waals surface area contributed by atoms with E-state index in [9.17, 15) is 5.11 Å². The second-order valence-electron chi connectivity index (χ2n) is 3.33. The number of phenols is 1. The average Bonchev–Trinajstić information content (AvgIpc) is 2.26. The second-order valence-corrected chi connectivity index (χ2v) is 3.33. The van der Waals surface area contributed by atoms with Crippen LogP contribution >= 0.6 is 0 Å². The molecular formula is C11H13N3O2. The van der Waals surface area contributed by atoms with Crippen molar-refractivity contribution in [1.29, 1.82) is 5.26 Å². The third-order valence-corrected chi connectivity index (χ3v) is 1.86. The summed E-state index contributed by atoms with van der Waals surface area (Å²) in [5, 5.41) is 18.5. The Hall–Kier alpha value is -2.22. The Morgan fingerprint density at radius 3 is 2.69 bits per heavy atom. The number of ether oxygens (including phenoxy) is 1. The predicted octanol–water partition coefficient (Wildman–Crippen LogP) is 1.49. The highest BCUT2D eigenvalue weighted by molar-refractivity contribution is 5.70. The van der Waals surface area contributed by atoms with Gasteiger partial charge in [0.05, 0.1) is 19.1 Å². The summed E-state index contributed by atoms with van der Waals surface area (Å²) in [5.41, 5.74) is 0.687. The highest BCUT2D eigenvalue weighted by Gasteiger charge is 2.12. The number of methoxy groups -OCH3 is 1. The Morgan fingerprint density at radius 1 is 1.50 bits per heavy atom. The third kappa shape index (κ3) is 2.42. The zero-order chi connectivity index (χ0) is 12.1. The second kappa shape index (κ2) is 5.03. The molecule has 0 fully saturated rings. The molecule has 16 heavy (non-hydrogen) atoms. The molecule has 0 saturated carbocycles. The Balaban J connectivity index is 3.26.